The zero-order chi connectivity index (χ0) is 56.4. The highest BCUT2D eigenvalue weighted by Crippen LogP contribution is 2.69. The van der Waals surface area contributed by atoms with Gasteiger partial charge in [0.05, 0.1) is 30.5 Å². The first kappa shape index (κ1) is 60.3. The maximum Gasteiger partial charge on any atom is 0.407 e. The second kappa shape index (κ2) is 26.8. The van der Waals surface area contributed by atoms with E-state index in [1.165, 1.54) is 18.2 Å². The molecule has 22 nitrogen and oxygen atoms in total. The number of amides is 4. The summed E-state index contributed by atoms with van der Waals surface area (Å²) < 4.78 is 41.1. The van der Waals surface area contributed by atoms with Gasteiger partial charge >= 0.3 is 6.09 Å². The highest BCUT2D eigenvalue weighted by Gasteiger charge is 2.75. The Morgan fingerprint density at radius 3 is 2.49 bits per heavy atom. The lowest BCUT2D eigenvalue weighted by molar-refractivity contribution is -0.277. The Labute approximate surface area is 454 Å². The van der Waals surface area contributed by atoms with Crippen LogP contribution in [-0.4, -0.2) is 168 Å². The molecule has 5 fully saturated rings. The molecular formula is C56H78N4O18. The quantitative estimate of drug-likeness (QED) is 0.0363. The van der Waals surface area contributed by atoms with Crippen molar-refractivity contribution in [3.8, 4) is 18.1 Å². The molecule has 2 heterocycles. The normalized spacial score (nSPS) is 32.9. The van der Waals surface area contributed by atoms with E-state index in [0.717, 1.165) is 44.1 Å². The van der Waals surface area contributed by atoms with Gasteiger partial charge < -0.3 is 80.0 Å². The largest absolute Gasteiger partial charge is 0.461 e. The molecule has 430 valence electrons. The van der Waals surface area contributed by atoms with Crippen molar-refractivity contribution in [2.75, 3.05) is 46.2 Å². The van der Waals surface area contributed by atoms with Gasteiger partial charge in [0.15, 0.2) is 23.5 Å². The van der Waals surface area contributed by atoms with Crippen molar-refractivity contribution in [3.05, 3.63) is 53.1 Å². The number of carbonyl (C=O) groups excluding carboxylic acids is 6. The molecular weight excluding hydrogens is 1020 g/mol. The molecule has 0 aromatic heterocycles. The predicted molar refractivity (Wildman–Crippen MR) is 276 cm³/mol. The summed E-state index contributed by atoms with van der Waals surface area (Å²) in [6.07, 6.45) is 7.16. The Hall–Kier alpha value is -5.32. The molecule has 0 bridgehead atoms. The van der Waals surface area contributed by atoms with Crippen LogP contribution in [0.15, 0.2) is 42.0 Å². The number of alkyl carbamates (subject to hydrolysis) is 1. The molecule has 9 N–H and O–H groups in total. The fourth-order valence-corrected chi connectivity index (χ4v) is 12.7. The minimum Gasteiger partial charge on any atom is -0.461 e. The molecule has 2 saturated heterocycles. The van der Waals surface area contributed by atoms with Crippen LogP contribution in [0, 0.1) is 40.9 Å². The van der Waals surface area contributed by atoms with Gasteiger partial charge in [-0.3, -0.25) is 24.0 Å². The summed E-state index contributed by atoms with van der Waals surface area (Å²) in [4.78, 5) is 78.6. The van der Waals surface area contributed by atoms with E-state index in [9.17, 15) is 54.3 Å². The van der Waals surface area contributed by atoms with E-state index in [0.29, 0.717) is 25.7 Å². The third-order valence-electron chi connectivity index (χ3n) is 16.6. The van der Waals surface area contributed by atoms with Crippen LogP contribution < -0.4 is 26.0 Å². The Balaban J connectivity index is 0.893. The molecule has 22 heteroatoms. The second-order valence-electron chi connectivity index (χ2n) is 21.8. The summed E-state index contributed by atoms with van der Waals surface area (Å²) >= 11 is 0. The molecule has 2 unspecified atom stereocenters. The summed E-state index contributed by atoms with van der Waals surface area (Å²) in [6, 6.07) is 4.07. The van der Waals surface area contributed by atoms with Crippen molar-refractivity contribution in [2.45, 2.75) is 166 Å². The average Bonchev–Trinajstić information content (AvgIpc) is 4.03. The van der Waals surface area contributed by atoms with Crippen LogP contribution in [0.25, 0.3) is 0 Å². The zero-order valence-corrected chi connectivity index (χ0v) is 44.9. The fourth-order valence-electron chi connectivity index (χ4n) is 12.7. The molecule has 2 aliphatic heterocycles. The van der Waals surface area contributed by atoms with Crippen LogP contribution in [0.4, 0.5) is 4.79 Å². The smallest absolute Gasteiger partial charge is 0.407 e. The number of aliphatic hydroxyl groups excluding tert-OH is 5. The Morgan fingerprint density at radius 2 is 1.73 bits per heavy atom. The number of unbranched alkanes of at least 4 members (excludes halogenated alkanes) is 3. The monoisotopic (exact) mass is 1090 g/mol. The summed E-state index contributed by atoms with van der Waals surface area (Å²) in [5, 5.41) is 63.1. The number of aliphatic hydroxyl groups is 5. The van der Waals surface area contributed by atoms with Crippen molar-refractivity contribution < 1.29 is 87.5 Å². The van der Waals surface area contributed by atoms with Crippen molar-refractivity contribution >= 4 is 35.4 Å². The summed E-state index contributed by atoms with van der Waals surface area (Å²) in [7, 11) is 0. The summed E-state index contributed by atoms with van der Waals surface area (Å²) in [5.74, 6) is 0.117. The molecule has 15 atom stereocenters. The van der Waals surface area contributed by atoms with Crippen molar-refractivity contribution in [2.24, 2.45) is 28.6 Å². The van der Waals surface area contributed by atoms with Crippen LogP contribution in [0.2, 0.25) is 0 Å². The molecule has 4 amide bonds. The molecule has 3 saturated carbocycles. The van der Waals surface area contributed by atoms with Gasteiger partial charge in [-0.05, 0) is 93.6 Å². The van der Waals surface area contributed by atoms with E-state index < -0.39 is 116 Å². The van der Waals surface area contributed by atoms with Crippen LogP contribution in [0.3, 0.4) is 0 Å². The lowest BCUT2D eigenvalue weighted by Crippen LogP contribution is -2.63. The molecule has 1 aromatic rings. The Bertz CT molecular complexity index is 2430. The van der Waals surface area contributed by atoms with Crippen LogP contribution in [-0.2, 0) is 54.2 Å². The van der Waals surface area contributed by atoms with Gasteiger partial charge in [-0.25, -0.2) is 4.79 Å². The molecule has 0 radical (unpaired) electrons. The fraction of sp³-hybridized carbons (Fsp3) is 0.679. The average molecular weight is 1100 g/mol. The number of Topliss-reactive ketones (excluding diaryl/α,β-unsaturated/α-hetero) is 1. The van der Waals surface area contributed by atoms with E-state index in [-0.39, 0.29) is 85.1 Å². The second-order valence-corrected chi connectivity index (χ2v) is 21.8. The number of ether oxygens (including phenoxy) is 7. The number of rotatable bonds is 26. The van der Waals surface area contributed by atoms with E-state index in [2.05, 4.69) is 34.1 Å². The maximum atomic E-state index is 14.5. The molecule has 0 spiro atoms. The number of allylic oxidation sites excluding steroid dienone is 4. The number of ketones is 2. The van der Waals surface area contributed by atoms with Gasteiger partial charge in [0, 0.05) is 36.3 Å². The molecule has 1 aromatic carbocycles. The van der Waals surface area contributed by atoms with Gasteiger partial charge in [0.2, 0.25) is 18.1 Å². The first-order chi connectivity index (χ1) is 37.3. The molecule has 7 rings (SSSR count). The van der Waals surface area contributed by atoms with E-state index in [1.807, 2.05) is 26.8 Å². The van der Waals surface area contributed by atoms with E-state index >= 15 is 0 Å². The van der Waals surface area contributed by atoms with Gasteiger partial charge in [0.25, 0.3) is 5.91 Å². The zero-order valence-electron chi connectivity index (χ0n) is 44.9. The highest BCUT2D eigenvalue weighted by atomic mass is 16.7. The summed E-state index contributed by atoms with van der Waals surface area (Å²) in [5.41, 5.74) is -1.55. The van der Waals surface area contributed by atoms with Crippen LogP contribution in [0.1, 0.15) is 114 Å². The predicted octanol–water partition coefficient (Wildman–Crippen LogP) is 1.75. The Kier molecular flexibility index (Phi) is 20.7. The van der Waals surface area contributed by atoms with E-state index in [4.69, 9.17) is 39.6 Å². The lowest BCUT2D eigenvalue weighted by Gasteiger charge is -2.59. The van der Waals surface area contributed by atoms with Gasteiger partial charge in [-0.2, -0.15) is 0 Å². The van der Waals surface area contributed by atoms with Crippen molar-refractivity contribution in [1.82, 2.24) is 21.3 Å². The SMILES string of the molecule is C#CCCCCCC(C)OCC(=O)NCCNC(=O)c1cc(COC(=O)NCC(=O)NCOCC(=O)[C@@]23OC(CCC)O[C@@H]2C[C@H]2[C@@H]4CCC5=CC(=O)C=C[C@]5(C)[C@H]4[C@@H](O)C[C@@]23C)ccc1O[C@@H]1O[C@H](CO)[C@@H](O)[C@H](O)[C@H]1O. The number of terminal acetylenes is 1. The number of hydrogen-bond donors (Lipinski definition) is 9. The lowest BCUT2D eigenvalue weighted by atomic mass is 9.46. The first-order valence-corrected chi connectivity index (χ1v) is 27.2. The summed E-state index contributed by atoms with van der Waals surface area (Å²) in [6.45, 7) is 5.31. The molecule has 4 aliphatic carbocycles. The number of fused-ring (bicyclic) bond motifs is 7. The highest BCUT2D eigenvalue weighted by molar-refractivity contribution is 6.01. The number of benzene rings is 1. The van der Waals surface area contributed by atoms with Crippen molar-refractivity contribution in [1.29, 1.82) is 0 Å². The number of carbonyl (C=O) groups is 6. The molecule has 78 heavy (non-hydrogen) atoms. The van der Waals surface area contributed by atoms with E-state index in [1.54, 1.807) is 12.2 Å². The number of nitrogens with one attached hydrogen (secondary N) is 4. The third kappa shape index (κ3) is 13.3. The van der Waals surface area contributed by atoms with Gasteiger partial charge in [-0.1, -0.05) is 57.7 Å². The van der Waals surface area contributed by atoms with Gasteiger partial charge in [-0.15, -0.1) is 12.3 Å². The third-order valence-corrected chi connectivity index (χ3v) is 16.6. The van der Waals surface area contributed by atoms with Crippen LogP contribution >= 0.6 is 0 Å². The first-order valence-electron chi connectivity index (χ1n) is 27.2. The standard InChI is InChI=1S/C56H78N4O18/c1-6-8-9-10-11-13-32(3)73-30-45(66)57-20-21-58-51(70)37-22-33(14-17-40(37)75-52-50(69)49(68)48(67)41(27-61)76-52)28-74-53(71)59-26-44(65)60-31-72-29-42(64)56-43(77-46(78-56)12-7-2)24-38-36-16-15-34-23-35(62)18-19-54(34,4)47(36)39(63)25-55(38,56)5/h1,14,17-19,22-23,32,36,38-39,41,43,46-50,52,61,63,67-69H,7-13,15-16,20-21,24-31H2,2-5H3,(H,57,66)(H,58,70)(H,59,71)(H,60,65)/t32?,36-,38-,39-,41+,43+,46?,47+,48+,49-,50+,52+,54-,55-,56+/m0/s1. The van der Waals surface area contributed by atoms with Crippen molar-refractivity contribution in [3.63, 3.8) is 0 Å². The number of hydrogen-bond acceptors (Lipinski definition) is 18. The van der Waals surface area contributed by atoms with Gasteiger partial charge in [0.1, 0.15) is 63.3 Å². The van der Waals surface area contributed by atoms with Crippen LogP contribution in [0.5, 0.6) is 5.75 Å². The topological polar surface area (TPSA) is 316 Å². The Morgan fingerprint density at radius 1 is 0.949 bits per heavy atom. The maximum absolute atomic E-state index is 14.5. The minimum absolute atomic E-state index is 0.0270. The minimum atomic E-state index is -1.79. The molecule has 6 aliphatic rings.